The monoisotopic (exact) mass is 1730 g/mol. The predicted molar refractivity (Wildman–Crippen MR) is 439 cm³/mol. The minimum absolute atomic E-state index is 0.0678. The number of hydrogen-bond donors (Lipinski definition) is 23. The summed E-state index contributed by atoms with van der Waals surface area (Å²) in [5.74, 6) is 5.23. The number of amidine groups is 2. The number of aliphatic hydroxyl groups is 15. The molecule has 662 valence electrons. The molecule has 5 fully saturated rings. The fourth-order valence-corrected chi connectivity index (χ4v) is 16.8. The van der Waals surface area contributed by atoms with Crippen LogP contribution < -0.4 is 53.9 Å². The number of anilines is 7. The molecule has 0 radical (unpaired) electrons. The van der Waals surface area contributed by atoms with Crippen LogP contribution in [0.4, 0.5) is 57.8 Å². The molecule has 20 heterocycles. The summed E-state index contributed by atoms with van der Waals surface area (Å²) in [4.78, 5) is 101. The molecule has 1 amide bonds. The molecule has 5 saturated heterocycles. The zero-order valence-corrected chi connectivity index (χ0v) is 68.1. The summed E-state index contributed by atoms with van der Waals surface area (Å²) in [6, 6.07) is 0. The molecule has 0 aliphatic carbocycles. The number of ether oxygens (including phenoxy) is 5. The van der Waals surface area contributed by atoms with Gasteiger partial charge in [0.25, 0.3) is 5.56 Å². The number of aromatic amines is 1. The van der Waals surface area contributed by atoms with E-state index in [1.807, 2.05) is 0 Å². The second kappa shape index (κ2) is 32.0. The van der Waals surface area contributed by atoms with Crippen LogP contribution in [-0.4, -0.2) is 321 Å². The fourth-order valence-electron chi connectivity index (χ4n) is 16.8. The number of aryl methyl sites for hydroxylation is 3. The van der Waals surface area contributed by atoms with Gasteiger partial charge in [0.2, 0.25) is 5.91 Å². The zero-order valence-electron chi connectivity index (χ0n) is 68.1. The molecule has 124 heavy (non-hydrogen) atoms. The maximum atomic E-state index is 11.9. The van der Waals surface area contributed by atoms with E-state index < -0.39 is 163 Å². The molecule has 10 aromatic rings. The highest BCUT2D eigenvalue weighted by atomic mass is 16.6. The molecule has 20 atom stereocenters. The molecule has 0 saturated carbocycles. The second-order valence-corrected chi connectivity index (χ2v) is 32.3. The van der Waals surface area contributed by atoms with Gasteiger partial charge in [-0.25, -0.2) is 44.9 Å². The van der Waals surface area contributed by atoms with Crippen LogP contribution in [0, 0.1) is 20.8 Å². The van der Waals surface area contributed by atoms with Gasteiger partial charge >= 0.3 is 11.1 Å². The summed E-state index contributed by atoms with van der Waals surface area (Å²) in [7, 11) is 0. The Morgan fingerprint density at radius 3 is 1.30 bits per heavy atom. The summed E-state index contributed by atoms with van der Waals surface area (Å²) in [5, 5.41) is 176. The van der Waals surface area contributed by atoms with E-state index in [1.54, 1.807) is 79.3 Å². The van der Waals surface area contributed by atoms with Crippen LogP contribution in [0.3, 0.4) is 0 Å². The van der Waals surface area contributed by atoms with E-state index in [-0.39, 0.29) is 30.4 Å². The minimum Gasteiger partial charge on any atom is -0.394 e. The number of nitrogens with one attached hydrogen (secondary N) is 8. The Labute approximate surface area is 698 Å². The lowest BCUT2D eigenvalue weighted by atomic mass is 9.96. The van der Waals surface area contributed by atoms with E-state index in [4.69, 9.17) is 23.7 Å². The molecule has 0 spiro atoms. The van der Waals surface area contributed by atoms with E-state index in [0.29, 0.717) is 115 Å². The van der Waals surface area contributed by atoms with Crippen molar-refractivity contribution in [1.82, 2.24) is 72.7 Å². The van der Waals surface area contributed by atoms with Crippen molar-refractivity contribution in [3.63, 3.8) is 0 Å². The van der Waals surface area contributed by atoms with E-state index in [9.17, 15) is 95.8 Å². The van der Waals surface area contributed by atoms with Crippen molar-refractivity contribution in [2.75, 3.05) is 96.4 Å². The van der Waals surface area contributed by atoms with E-state index in [1.165, 1.54) is 49.9 Å². The van der Waals surface area contributed by atoms with Gasteiger partial charge in [-0.2, -0.15) is 9.97 Å². The number of amides is 1. The molecular formula is C75H93N25O24. The Morgan fingerprint density at radius 2 is 0.823 bits per heavy atom. The van der Waals surface area contributed by atoms with E-state index in [0.717, 1.165) is 41.6 Å². The second-order valence-electron chi connectivity index (χ2n) is 32.3. The number of nitrogens with zero attached hydrogens (tertiary/aromatic N) is 17. The Morgan fingerprint density at radius 1 is 0.427 bits per heavy atom. The van der Waals surface area contributed by atoms with Gasteiger partial charge in [0, 0.05) is 50.3 Å². The normalized spacial score (nSPS) is 31.5. The molecule has 5 unspecified atom stereocenters. The summed E-state index contributed by atoms with van der Waals surface area (Å²) in [6.45, 7) is 15.8. The topological polar surface area (TPSA) is 696 Å². The molecule has 10 aliphatic heterocycles. The van der Waals surface area contributed by atoms with Gasteiger partial charge in [-0.3, -0.25) is 24.2 Å². The maximum Gasteiger partial charge on any atom is 0.337 e. The lowest BCUT2D eigenvalue weighted by Gasteiger charge is -2.28. The Kier molecular flexibility index (Phi) is 22.3. The largest absolute Gasteiger partial charge is 0.394 e. The first-order valence-corrected chi connectivity index (χ1v) is 39.3. The van der Waals surface area contributed by atoms with Crippen LogP contribution in [-0.2, 0) is 28.5 Å². The van der Waals surface area contributed by atoms with Gasteiger partial charge in [-0.1, -0.05) is 0 Å². The molecule has 10 aliphatic rings. The average molecular weight is 1730 g/mol. The maximum absolute atomic E-state index is 11.9. The summed E-state index contributed by atoms with van der Waals surface area (Å²) in [5.41, 5.74) is -6.11. The summed E-state index contributed by atoms with van der Waals surface area (Å²) < 4.78 is 36.3. The lowest BCUT2D eigenvalue weighted by molar-refractivity contribution is -0.114. The summed E-state index contributed by atoms with van der Waals surface area (Å²) in [6.07, 6.45) is -4.62. The summed E-state index contributed by atoms with van der Waals surface area (Å²) >= 11 is 0. The number of carbonyl (C=O) groups is 1. The smallest absolute Gasteiger partial charge is 0.337 e. The van der Waals surface area contributed by atoms with Gasteiger partial charge in [-0.05, 0) is 69.2 Å². The van der Waals surface area contributed by atoms with Gasteiger partial charge in [-0.15, -0.1) is 0 Å². The highest BCUT2D eigenvalue weighted by Gasteiger charge is 2.58. The van der Waals surface area contributed by atoms with Gasteiger partial charge in [0.1, 0.15) is 176 Å². The Balaban J connectivity index is 0.000000115. The van der Waals surface area contributed by atoms with Crippen molar-refractivity contribution >= 4 is 136 Å². The minimum atomic E-state index is -1.73. The van der Waals surface area contributed by atoms with Crippen LogP contribution >= 0.6 is 0 Å². The first-order chi connectivity index (χ1) is 58.7. The van der Waals surface area contributed by atoms with E-state index in [2.05, 4.69) is 102 Å². The van der Waals surface area contributed by atoms with Gasteiger partial charge < -0.3 is 165 Å². The average Bonchev–Trinajstić information content (AvgIpc) is 1.59. The number of hydrogen-bond acceptors (Lipinski definition) is 42. The molecule has 0 bridgehead atoms. The molecule has 20 rings (SSSR count). The first-order valence-electron chi connectivity index (χ1n) is 39.3. The van der Waals surface area contributed by atoms with Crippen molar-refractivity contribution in [2.45, 2.75) is 189 Å². The van der Waals surface area contributed by atoms with Crippen molar-refractivity contribution in [3.8, 4) is 0 Å². The first kappa shape index (κ1) is 86.2. The van der Waals surface area contributed by atoms with Crippen molar-refractivity contribution < 1.29 is 105 Å². The third kappa shape index (κ3) is 14.5. The molecular weight excluding hydrogens is 1630 g/mol. The number of aromatic nitrogens is 15. The van der Waals surface area contributed by atoms with Crippen LogP contribution in [0.2, 0.25) is 0 Å². The fraction of sp³-hybridized carbons (Fsp3) is 0.520. The third-order valence-corrected chi connectivity index (χ3v) is 23.1. The van der Waals surface area contributed by atoms with Crippen LogP contribution in [0.25, 0.3) is 54.9 Å². The highest BCUT2D eigenvalue weighted by molar-refractivity contribution is 6.12. The van der Waals surface area contributed by atoms with Gasteiger partial charge in [0.15, 0.2) is 31.1 Å². The quantitative estimate of drug-likeness (QED) is 0.0588. The molecule has 0 aromatic carbocycles. The number of aliphatic imine (C=N–C) groups is 3. The molecule has 10 aromatic heterocycles. The Hall–Kier alpha value is -11.3. The lowest BCUT2D eigenvalue weighted by Crippen LogP contribution is -2.44. The molecule has 49 nitrogen and oxygen atoms in total. The van der Waals surface area contributed by atoms with Crippen LogP contribution in [0.5, 0.6) is 0 Å². The van der Waals surface area contributed by atoms with Crippen LogP contribution in [0.1, 0.15) is 97.1 Å². The number of aliphatic hydroxyl groups excluding tert-OH is 10. The zero-order chi connectivity index (χ0) is 88.8. The molecule has 23 N–H and O–H groups in total. The number of rotatable bonds is 10. The highest BCUT2D eigenvalue weighted by Crippen LogP contribution is 2.50. The third-order valence-electron chi connectivity index (χ3n) is 23.1. The standard InChI is InChI=1S/C15H17N5O6.C15H19N5O5.C15H17N5O5.C15H21N5O4.C15H19N5O4/c1-5-16-10-8-6(18-12(23)13(24)19-10)3-20(11(8)17-5)14-15(2,25)9(22)7(4-21)26-14;2*1-6-17-12-10-7(16-3-9(22)19-12)4-20(13(10)18-6)14-15(2,24)11(23)8(5-21)25-14;2*1-7-18-12-10-8(16-3-4-17-12)5-20(13(10)19-7)14-15(2,23)11(22)9(6-21)24-14/h3,7,9,14,21-22,25H,4H2,1-2H3,(H,18,23)(H,16,17,19,24);4,8,11,14,16,21,23-24H,3,5H2,1-2H3,(H,17,18,19,22);3-4,8,11,14,21,23-24H,5H2,1-2H3,(H,17,18,19,22);5,9,11,14,16,21-23H,3-4,6H2,1-2H3,(H,17,18,19);3,5,9,11,14,21-23H,4,6H2,1-2H3,(H,17,18,19)/t7-,9-,14?,15+;2*8-,11-,14?,15+;2*9-,11-,14?,15+/m11111/s1. The number of H-pyrrole nitrogens is 1. The van der Waals surface area contributed by atoms with Crippen molar-refractivity contribution in [2.24, 2.45) is 15.0 Å². The van der Waals surface area contributed by atoms with Crippen molar-refractivity contribution in [3.05, 3.63) is 85.7 Å². The van der Waals surface area contributed by atoms with Gasteiger partial charge in [0.05, 0.1) is 107 Å². The Bertz CT molecular complexity index is 6200. The van der Waals surface area contributed by atoms with Crippen LogP contribution in [0.15, 0.2) is 66.5 Å². The SMILES string of the molecule is CC1=Nc2c3c(nc(=O)c(=O)[nH]c3cn2C2O[C@H](CO)[C@@H](O)[C@]2(C)O)N1.CC1=Nc2c3c(nc(=O)cnc3cn2C2O[C@H](CO)[C@@H](O)[C@]2(C)O)N1.Cc1nc2c3c(cn(C4O[C@H](CO)[C@@H](O)[C@]4(C)O)c3n1)N=CCN2.Cc1nc2c3c(cn(C4O[C@H](CO)[C@@H](O)[C@]4(C)O)c3n1)NCC(=O)N2.Cc1nc2c3c(cn(C4O[C@H](CO)[C@@H](O)[C@]4(C)O)c3n1)NCCN2. The van der Waals surface area contributed by atoms with Crippen molar-refractivity contribution in [1.29, 1.82) is 0 Å². The predicted octanol–water partition coefficient (Wildman–Crippen LogP) is -3.62. The van der Waals surface area contributed by atoms with E-state index >= 15 is 0 Å². The molecule has 49 heteroatoms. The number of carbonyl (C=O) groups excluding carboxylic acids is 1.